The van der Waals surface area contributed by atoms with Gasteiger partial charge in [-0.1, -0.05) is 11.6 Å². The average molecular weight is 283 g/mol. The van der Waals surface area contributed by atoms with E-state index in [0.717, 1.165) is 0 Å². The van der Waals surface area contributed by atoms with Gasteiger partial charge in [-0.05, 0) is 32.9 Å². The van der Waals surface area contributed by atoms with Gasteiger partial charge < -0.3 is 10.5 Å². The van der Waals surface area contributed by atoms with Gasteiger partial charge in [0.1, 0.15) is 5.60 Å². The summed E-state index contributed by atoms with van der Waals surface area (Å²) in [6.45, 7) is 5.36. The summed E-state index contributed by atoms with van der Waals surface area (Å²) in [5.41, 5.74) is 6.74. The highest BCUT2D eigenvalue weighted by atomic mass is 35.5. The molecular weight excluding hydrogens is 268 g/mol. The molecule has 0 saturated carbocycles. The number of carbonyl (C=O) groups is 1. The molecule has 0 bridgehead atoms. The molecule has 0 spiro atoms. The third-order valence-electron chi connectivity index (χ3n) is 2.28. The Labute approximate surface area is 115 Å². The van der Waals surface area contributed by atoms with Crippen molar-refractivity contribution in [2.24, 2.45) is 0 Å². The minimum absolute atomic E-state index is 0.300. The Morgan fingerprint density at radius 2 is 2.16 bits per heavy atom. The van der Waals surface area contributed by atoms with Crippen LogP contribution in [0.2, 0.25) is 5.15 Å². The van der Waals surface area contributed by atoms with E-state index in [0.29, 0.717) is 27.4 Å². The van der Waals surface area contributed by atoms with Gasteiger partial charge in [0.15, 0.2) is 5.15 Å². The molecule has 0 saturated heterocycles. The van der Waals surface area contributed by atoms with Crippen LogP contribution < -0.4 is 11.1 Å². The van der Waals surface area contributed by atoms with E-state index >= 15 is 0 Å². The lowest BCUT2D eigenvalue weighted by atomic mass is 10.2. The van der Waals surface area contributed by atoms with Gasteiger partial charge in [0.05, 0.1) is 11.2 Å². The van der Waals surface area contributed by atoms with Gasteiger partial charge in [0, 0.05) is 11.1 Å². The molecule has 7 heteroatoms. The fourth-order valence-electron chi connectivity index (χ4n) is 1.62. The number of nitrogens with zero attached hydrogens (tertiary/aromatic N) is 1. The first-order valence-electron chi connectivity index (χ1n) is 5.69. The Morgan fingerprint density at radius 3 is 2.79 bits per heavy atom. The predicted octanol–water partition coefficient (Wildman–Crippen LogP) is 3.15. The van der Waals surface area contributed by atoms with Crippen LogP contribution in [0.4, 0.5) is 16.2 Å². The number of aromatic amines is 1. The van der Waals surface area contributed by atoms with Crippen molar-refractivity contribution in [2.45, 2.75) is 26.4 Å². The summed E-state index contributed by atoms with van der Waals surface area (Å²) in [7, 11) is 0. The number of rotatable bonds is 1. The molecule has 19 heavy (non-hydrogen) atoms. The van der Waals surface area contributed by atoms with Gasteiger partial charge in [-0.15, -0.1) is 0 Å². The summed E-state index contributed by atoms with van der Waals surface area (Å²) >= 11 is 5.92. The largest absolute Gasteiger partial charge is 0.444 e. The molecule has 102 valence electrons. The van der Waals surface area contributed by atoms with Gasteiger partial charge in [0.25, 0.3) is 0 Å². The summed E-state index contributed by atoms with van der Waals surface area (Å²) in [6.07, 6.45) is -0.565. The number of nitrogen functional groups attached to an aromatic ring is 1. The quantitative estimate of drug-likeness (QED) is 0.701. The Kier molecular flexibility index (Phi) is 3.28. The maximum absolute atomic E-state index is 11.7. The Hall–Kier alpha value is -1.95. The second-order valence-electron chi connectivity index (χ2n) is 5.13. The van der Waals surface area contributed by atoms with Crippen LogP contribution in [-0.4, -0.2) is 21.9 Å². The molecule has 0 atom stereocenters. The SMILES string of the molecule is CC(C)(C)OC(=O)Nc1cc(N)cc2c(Cl)n[nH]c12. The molecule has 0 aliphatic carbocycles. The number of ether oxygens (including phenoxy) is 1. The van der Waals surface area contributed by atoms with Crippen LogP contribution in [0.25, 0.3) is 10.9 Å². The summed E-state index contributed by atoms with van der Waals surface area (Å²) in [5.74, 6) is 0. The summed E-state index contributed by atoms with van der Waals surface area (Å²) in [6, 6.07) is 3.29. The Morgan fingerprint density at radius 1 is 1.47 bits per heavy atom. The van der Waals surface area contributed by atoms with Crippen LogP contribution in [0.15, 0.2) is 12.1 Å². The average Bonchev–Trinajstić information content (AvgIpc) is 2.57. The molecule has 1 aromatic heterocycles. The van der Waals surface area contributed by atoms with E-state index in [9.17, 15) is 4.79 Å². The summed E-state index contributed by atoms with van der Waals surface area (Å²) < 4.78 is 5.18. The second-order valence-corrected chi connectivity index (χ2v) is 5.49. The number of halogens is 1. The molecule has 2 rings (SSSR count). The standard InChI is InChI=1S/C12H15ClN4O2/c1-12(2,3)19-11(18)15-8-5-6(14)4-7-9(8)16-17-10(7)13/h4-5H,14H2,1-3H3,(H,15,18)(H,16,17). The van der Waals surface area contributed by atoms with Gasteiger partial charge in [0.2, 0.25) is 0 Å². The fraction of sp³-hybridized carbons (Fsp3) is 0.333. The molecule has 0 fully saturated rings. The molecule has 2 aromatic rings. The zero-order valence-electron chi connectivity index (χ0n) is 10.9. The molecule has 1 aromatic carbocycles. The highest BCUT2D eigenvalue weighted by molar-refractivity contribution is 6.34. The molecule has 4 N–H and O–H groups in total. The molecule has 0 radical (unpaired) electrons. The molecule has 6 nitrogen and oxygen atoms in total. The molecule has 1 amide bonds. The van der Waals surface area contributed by atoms with E-state index in [4.69, 9.17) is 22.1 Å². The van der Waals surface area contributed by atoms with Crippen LogP contribution in [-0.2, 0) is 4.74 Å². The number of amides is 1. The number of fused-ring (bicyclic) bond motifs is 1. The second kappa shape index (κ2) is 4.62. The zero-order chi connectivity index (χ0) is 14.2. The normalized spacial score (nSPS) is 11.6. The van der Waals surface area contributed by atoms with E-state index in [2.05, 4.69) is 15.5 Å². The number of hydrogen-bond acceptors (Lipinski definition) is 4. The minimum Gasteiger partial charge on any atom is -0.444 e. The van der Waals surface area contributed by atoms with E-state index < -0.39 is 11.7 Å². The van der Waals surface area contributed by atoms with Crippen molar-refractivity contribution in [3.63, 3.8) is 0 Å². The maximum atomic E-state index is 11.7. The molecule has 0 unspecified atom stereocenters. The van der Waals surface area contributed by atoms with Crippen LogP contribution in [0, 0.1) is 0 Å². The monoisotopic (exact) mass is 282 g/mol. The highest BCUT2D eigenvalue weighted by Gasteiger charge is 2.18. The first-order chi connectivity index (χ1) is 8.76. The third kappa shape index (κ3) is 3.08. The summed E-state index contributed by atoms with van der Waals surface area (Å²) in [4.78, 5) is 11.7. The number of aromatic nitrogens is 2. The van der Waals surface area contributed by atoms with Crippen molar-refractivity contribution < 1.29 is 9.53 Å². The van der Waals surface area contributed by atoms with Crippen molar-refractivity contribution in [1.29, 1.82) is 0 Å². The smallest absolute Gasteiger partial charge is 0.412 e. The maximum Gasteiger partial charge on any atom is 0.412 e. The number of hydrogen-bond donors (Lipinski definition) is 3. The lowest BCUT2D eigenvalue weighted by molar-refractivity contribution is 0.0636. The lowest BCUT2D eigenvalue weighted by Crippen LogP contribution is -2.27. The van der Waals surface area contributed by atoms with Gasteiger partial charge in [-0.25, -0.2) is 4.79 Å². The van der Waals surface area contributed by atoms with Gasteiger partial charge >= 0.3 is 6.09 Å². The van der Waals surface area contributed by atoms with Crippen LogP contribution in [0.5, 0.6) is 0 Å². The van der Waals surface area contributed by atoms with E-state index in [1.54, 1.807) is 32.9 Å². The topological polar surface area (TPSA) is 93.0 Å². The van der Waals surface area contributed by atoms with E-state index in [1.165, 1.54) is 0 Å². The fourth-order valence-corrected chi connectivity index (χ4v) is 1.82. The van der Waals surface area contributed by atoms with Crippen LogP contribution in [0.3, 0.4) is 0 Å². The molecular formula is C12H15ClN4O2. The van der Waals surface area contributed by atoms with E-state index in [1.807, 2.05) is 0 Å². The van der Waals surface area contributed by atoms with Crippen molar-refractivity contribution in [1.82, 2.24) is 10.2 Å². The molecule has 0 aliphatic heterocycles. The van der Waals surface area contributed by atoms with Crippen LogP contribution >= 0.6 is 11.6 Å². The van der Waals surface area contributed by atoms with Crippen molar-refractivity contribution >= 4 is 40.0 Å². The van der Waals surface area contributed by atoms with Crippen LogP contribution in [0.1, 0.15) is 20.8 Å². The highest BCUT2D eigenvalue weighted by Crippen LogP contribution is 2.29. The van der Waals surface area contributed by atoms with Crippen molar-refractivity contribution in [3.8, 4) is 0 Å². The minimum atomic E-state index is -0.574. The summed E-state index contributed by atoms with van der Waals surface area (Å²) in [5, 5.41) is 10.2. The predicted molar refractivity (Wildman–Crippen MR) is 75.4 cm³/mol. The first-order valence-corrected chi connectivity index (χ1v) is 6.07. The van der Waals surface area contributed by atoms with Gasteiger partial charge in [-0.3, -0.25) is 10.4 Å². The number of benzene rings is 1. The molecule has 1 heterocycles. The Balaban J connectivity index is 2.33. The number of H-pyrrole nitrogens is 1. The van der Waals surface area contributed by atoms with E-state index in [-0.39, 0.29) is 0 Å². The number of anilines is 2. The number of carbonyl (C=O) groups excluding carboxylic acids is 1. The van der Waals surface area contributed by atoms with Crippen molar-refractivity contribution in [2.75, 3.05) is 11.1 Å². The zero-order valence-corrected chi connectivity index (χ0v) is 11.6. The third-order valence-corrected chi connectivity index (χ3v) is 2.57. The first kappa shape index (κ1) is 13.5. The number of nitrogens with one attached hydrogen (secondary N) is 2. The molecule has 0 aliphatic rings. The Bertz CT molecular complexity index is 630. The van der Waals surface area contributed by atoms with Crippen molar-refractivity contribution in [3.05, 3.63) is 17.3 Å². The lowest BCUT2D eigenvalue weighted by Gasteiger charge is -2.19. The van der Waals surface area contributed by atoms with Gasteiger partial charge in [-0.2, -0.15) is 5.10 Å². The number of nitrogens with two attached hydrogens (primary N) is 1.